The lowest BCUT2D eigenvalue weighted by Crippen LogP contribution is -2.18. The molecule has 6 nitrogen and oxygen atoms in total. The first-order chi connectivity index (χ1) is 14.1. The minimum Gasteiger partial charge on any atom is -0.457 e. The standard InChI is InChI=1S/C21H15F3O6/c1-12(2)19(25)28-11-27-14-8-7-13-9-16(20(26)29-18(13)10-14)15-5-3-4-6-17(15)30-21(22,23)24/h3-10H,1,11H2,2H3. The van der Waals surface area contributed by atoms with E-state index in [-0.39, 0.29) is 34.8 Å². The SMILES string of the molecule is C=C(C)C(=O)OCOc1ccc2cc(-c3ccccc3OC(F)(F)F)c(=O)oc2c1. The smallest absolute Gasteiger partial charge is 0.457 e. The monoisotopic (exact) mass is 420 g/mol. The van der Waals surface area contributed by atoms with Crippen molar-refractivity contribution in [3.8, 4) is 22.6 Å². The Morgan fingerprint density at radius 3 is 2.53 bits per heavy atom. The molecule has 0 aliphatic heterocycles. The van der Waals surface area contributed by atoms with Gasteiger partial charge < -0.3 is 18.6 Å². The molecule has 0 N–H and O–H groups in total. The molecule has 0 saturated carbocycles. The molecule has 1 heterocycles. The lowest BCUT2D eigenvalue weighted by molar-refractivity contribution is -0.274. The van der Waals surface area contributed by atoms with Crippen LogP contribution in [0.2, 0.25) is 0 Å². The van der Waals surface area contributed by atoms with Crippen LogP contribution >= 0.6 is 0 Å². The topological polar surface area (TPSA) is 75.0 Å². The minimum absolute atomic E-state index is 0.0579. The first kappa shape index (κ1) is 21.0. The Hall–Kier alpha value is -3.75. The van der Waals surface area contributed by atoms with Crippen LogP contribution in [0.3, 0.4) is 0 Å². The van der Waals surface area contributed by atoms with E-state index in [1.54, 1.807) is 6.07 Å². The summed E-state index contributed by atoms with van der Waals surface area (Å²) >= 11 is 0. The number of carbonyl (C=O) groups is 1. The highest BCUT2D eigenvalue weighted by Crippen LogP contribution is 2.33. The maximum atomic E-state index is 12.7. The zero-order chi connectivity index (χ0) is 21.9. The highest BCUT2D eigenvalue weighted by atomic mass is 19.4. The van der Waals surface area contributed by atoms with Crippen LogP contribution in [-0.4, -0.2) is 19.1 Å². The Morgan fingerprint density at radius 1 is 1.10 bits per heavy atom. The van der Waals surface area contributed by atoms with Gasteiger partial charge in [-0.15, -0.1) is 13.2 Å². The molecule has 3 rings (SSSR count). The molecule has 0 atom stereocenters. The summed E-state index contributed by atoms with van der Waals surface area (Å²) in [6.45, 7) is 4.55. The Kier molecular flexibility index (Phi) is 5.81. The van der Waals surface area contributed by atoms with Crippen LogP contribution in [0, 0.1) is 0 Å². The van der Waals surface area contributed by atoms with Crippen LogP contribution in [0.1, 0.15) is 6.92 Å². The Bertz CT molecular complexity index is 1160. The highest BCUT2D eigenvalue weighted by Gasteiger charge is 2.32. The Morgan fingerprint density at radius 2 is 1.83 bits per heavy atom. The summed E-state index contributed by atoms with van der Waals surface area (Å²) in [5.74, 6) is -0.878. The van der Waals surface area contributed by atoms with E-state index in [2.05, 4.69) is 11.3 Å². The molecule has 0 bridgehead atoms. The van der Waals surface area contributed by atoms with Crippen molar-refractivity contribution >= 4 is 16.9 Å². The highest BCUT2D eigenvalue weighted by molar-refractivity contribution is 5.87. The third-order valence-corrected chi connectivity index (χ3v) is 3.87. The minimum atomic E-state index is -4.91. The summed E-state index contributed by atoms with van der Waals surface area (Å²) in [4.78, 5) is 23.8. The van der Waals surface area contributed by atoms with Crippen molar-refractivity contribution in [1.82, 2.24) is 0 Å². The number of esters is 1. The molecule has 3 aromatic rings. The van der Waals surface area contributed by atoms with Gasteiger partial charge in [-0.25, -0.2) is 9.59 Å². The number of halogens is 3. The van der Waals surface area contributed by atoms with E-state index in [0.29, 0.717) is 5.39 Å². The summed E-state index contributed by atoms with van der Waals surface area (Å²) in [5, 5.41) is 0.442. The van der Waals surface area contributed by atoms with E-state index in [1.165, 1.54) is 43.3 Å². The summed E-state index contributed by atoms with van der Waals surface area (Å²) in [6, 6.07) is 11.1. The molecule has 1 aromatic heterocycles. The Labute approximate surface area is 168 Å². The molecule has 0 spiro atoms. The van der Waals surface area contributed by atoms with Crippen LogP contribution in [-0.2, 0) is 9.53 Å². The number of fused-ring (bicyclic) bond motifs is 1. The predicted octanol–water partition coefficient (Wildman–Crippen LogP) is 4.81. The van der Waals surface area contributed by atoms with Crippen LogP contribution in [0.15, 0.2) is 69.9 Å². The fourth-order valence-corrected chi connectivity index (χ4v) is 2.55. The third kappa shape index (κ3) is 4.99. The van der Waals surface area contributed by atoms with Gasteiger partial charge in [0.05, 0.1) is 5.56 Å². The van der Waals surface area contributed by atoms with Crippen LogP contribution < -0.4 is 15.1 Å². The second-order valence-corrected chi connectivity index (χ2v) is 6.17. The molecular weight excluding hydrogens is 405 g/mol. The number of hydrogen-bond acceptors (Lipinski definition) is 6. The molecule has 0 aliphatic carbocycles. The van der Waals surface area contributed by atoms with Gasteiger partial charge in [0.1, 0.15) is 17.1 Å². The maximum Gasteiger partial charge on any atom is 0.573 e. The number of benzene rings is 2. The van der Waals surface area contributed by atoms with Gasteiger partial charge in [0.2, 0.25) is 6.79 Å². The third-order valence-electron chi connectivity index (χ3n) is 3.87. The van der Waals surface area contributed by atoms with E-state index >= 15 is 0 Å². The molecule has 9 heteroatoms. The molecule has 2 aromatic carbocycles. The fraction of sp³-hybridized carbons (Fsp3) is 0.143. The van der Waals surface area contributed by atoms with Gasteiger partial charge in [-0.2, -0.15) is 0 Å². The van der Waals surface area contributed by atoms with Gasteiger partial charge in [0.25, 0.3) is 0 Å². The normalized spacial score (nSPS) is 11.2. The number of rotatable bonds is 6. The summed E-state index contributed by atoms with van der Waals surface area (Å²) in [5.41, 5.74) is -0.650. The quantitative estimate of drug-likeness (QED) is 0.247. The van der Waals surface area contributed by atoms with E-state index < -0.39 is 23.7 Å². The predicted molar refractivity (Wildman–Crippen MR) is 101 cm³/mol. The molecule has 0 amide bonds. The second kappa shape index (κ2) is 8.32. The lowest BCUT2D eigenvalue weighted by atomic mass is 10.0. The van der Waals surface area contributed by atoms with E-state index in [0.717, 1.165) is 6.07 Å². The van der Waals surface area contributed by atoms with E-state index in [4.69, 9.17) is 13.9 Å². The molecule has 30 heavy (non-hydrogen) atoms. The maximum absolute atomic E-state index is 12.7. The van der Waals surface area contributed by atoms with Crippen molar-refractivity contribution in [3.05, 3.63) is 71.1 Å². The summed E-state index contributed by atoms with van der Waals surface area (Å²) in [7, 11) is 0. The second-order valence-electron chi connectivity index (χ2n) is 6.17. The van der Waals surface area contributed by atoms with Gasteiger partial charge in [0, 0.05) is 22.6 Å². The largest absolute Gasteiger partial charge is 0.573 e. The van der Waals surface area contributed by atoms with Crippen molar-refractivity contribution < 1.29 is 36.6 Å². The van der Waals surface area contributed by atoms with E-state index in [9.17, 15) is 22.8 Å². The van der Waals surface area contributed by atoms with Crippen LogP contribution in [0.25, 0.3) is 22.1 Å². The number of hydrogen-bond donors (Lipinski definition) is 0. The van der Waals surface area contributed by atoms with Crippen molar-refractivity contribution in [3.63, 3.8) is 0 Å². The molecule has 0 unspecified atom stereocenters. The van der Waals surface area contributed by atoms with Gasteiger partial charge in [0.15, 0.2) is 0 Å². The molecule has 0 saturated heterocycles. The van der Waals surface area contributed by atoms with Crippen LogP contribution in [0.4, 0.5) is 13.2 Å². The molecule has 0 radical (unpaired) electrons. The first-order valence-corrected chi connectivity index (χ1v) is 8.52. The first-order valence-electron chi connectivity index (χ1n) is 8.52. The van der Waals surface area contributed by atoms with Crippen molar-refractivity contribution in [2.24, 2.45) is 0 Å². The van der Waals surface area contributed by atoms with Gasteiger partial charge in [-0.05, 0) is 31.2 Å². The fourth-order valence-electron chi connectivity index (χ4n) is 2.55. The lowest BCUT2D eigenvalue weighted by Gasteiger charge is -2.13. The zero-order valence-electron chi connectivity index (χ0n) is 15.6. The van der Waals surface area contributed by atoms with Gasteiger partial charge in [-0.1, -0.05) is 24.8 Å². The summed E-state index contributed by atoms with van der Waals surface area (Å²) in [6.07, 6.45) is -4.91. The molecule has 0 fully saturated rings. The van der Waals surface area contributed by atoms with Crippen molar-refractivity contribution in [1.29, 1.82) is 0 Å². The zero-order valence-corrected chi connectivity index (χ0v) is 15.6. The average molecular weight is 420 g/mol. The van der Waals surface area contributed by atoms with Crippen molar-refractivity contribution in [2.45, 2.75) is 13.3 Å². The number of carbonyl (C=O) groups excluding carboxylic acids is 1. The van der Waals surface area contributed by atoms with Crippen LogP contribution in [0.5, 0.6) is 11.5 Å². The number of ether oxygens (including phenoxy) is 3. The van der Waals surface area contributed by atoms with Crippen molar-refractivity contribution in [2.75, 3.05) is 6.79 Å². The average Bonchev–Trinajstić information content (AvgIpc) is 2.66. The summed E-state index contributed by atoms with van der Waals surface area (Å²) < 4.78 is 57.3. The van der Waals surface area contributed by atoms with Gasteiger partial charge in [-0.3, -0.25) is 0 Å². The Balaban J connectivity index is 1.90. The molecule has 0 aliphatic rings. The van der Waals surface area contributed by atoms with Gasteiger partial charge >= 0.3 is 18.0 Å². The number of alkyl halides is 3. The molecular formula is C21H15F3O6. The van der Waals surface area contributed by atoms with E-state index in [1.807, 2.05) is 0 Å². The number of para-hydroxylation sites is 1. The molecule has 156 valence electrons.